The van der Waals surface area contributed by atoms with Crippen LogP contribution < -0.4 is 0 Å². The molecule has 58 valence electrons. The molecule has 0 unspecified atom stereocenters. The molecule has 0 N–H and O–H groups in total. The summed E-state index contributed by atoms with van der Waals surface area (Å²) in [4.78, 5) is 3.78. The molecule has 2 nitrogen and oxygen atoms in total. The quantitative estimate of drug-likeness (QED) is 0.563. The van der Waals surface area contributed by atoms with Gasteiger partial charge in [0.05, 0.1) is 12.9 Å². The van der Waals surface area contributed by atoms with E-state index in [9.17, 15) is 0 Å². The maximum atomic E-state index is 4.76. The second-order valence-electron chi connectivity index (χ2n) is 2.06. The highest BCUT2D eigenvalue weighted by Gasteiger charge is 1.83. The van der Waals surface area contributed by atoms with Crippen LogP contribution in [0.1, 0.15) is 6.42 Å². The average molecular weight is 149 g/mol. The fourth-order valence-electron chi connectivity index (χ4n) is 0.653. The van der Waals surface area contributed by atoms with Crippen molar-refractivity contribution >= 4 is 0 Å². The first kappa shape index (κ1) is 7.79. The molecule has 2 heteroatoms. The molecule has 0 saturated carbocycles. The van der Waals surface area contributed by atoms with E-state index in [2.05, 4.69) is 4.98 Å². The summed E-state index contributed by atoms with van der Waals surface area (Å²) >= 11 is 0. The van der Waals surface area contributed by atoms with Crippen molar-refractivity contribution in [1.29, 1.82) is 0 Å². The number of rotatable bonds is 0. The number of ether oxygens (including phenoxy) is 1. The van der Waals surface area contributed by atoms with Crippen LogP contribution in [0.15, 0.2) is 42.9 Å². The highest BCUT2D eigenvalue weighted by atomic mass is 16.5. The Kier molecular flexibility index (Phi) is 3.88. The topological polar surface area (TPSA) is 22.1 Å². The first-order chi connectivity index (χ1) is 5.50. The van der Waals surface area contributed by atoms with E-state index in [0.717, 1.165) is 13.0 Å². The lowest BCUT2D eigenvalue weighted by Crippen LogP contribution is -1.70. The summed E-state index contributed by atoms with van der Waals surface area (Å²) in [6.07, 6.45) is 8.35. The molecule has 2 heterocycles. The number of aromatic nitrogens is 1. The Balaban J connectivity index is 0.000000112. The highest BCUT2D eigenvalue weighted by molar-refractivity contribution is 4.88. The Hall–Kier alpha value is -1.31. The summed E-state index contributed by atoms with van der Waals surface area (Å²) in [5.41, 5.74) is 0. The van der Waals surface area contributed by atoms with Crippen LogP contribution in [0.25, 0.3) is 0 Å². The zero-order chi connectivity index (χ0) is 7.78. The van der Waals surface area contributed by atoms with E-state index in [-0.39, 0.29) is 0 Å². The van der Waals surface area contributed by atoms with Crippen molar-refractivity contribution in [3.05, 3.63) is 42.9 Å². The maximum Gasteiger partial charge on any atom is 0.0908 e. The molecule has 11 heavy (non-hydrogen) atoms. The van der Waals surface area contributed by atoms with Crippen molar-refractivity contribution in [2.45, 2.75) is 6.42 Å². The summed E-state index contributed by atoms with van der Waals surface area (Å²) in [6, 6.07) is 5.72. The van der Waals surface area contributed by atoms with Gasteiger partial charge in [-0.3, -0.25) is 4.98 Å². The molecule has 1 aliphatic heterocycles. The zero-order valence-corrected chi connectivity index (χ0v) is 6.31. The zero-order valence-electron chi connectivity index (χ0n) is 6.31. The smallest absolute Gasteiger partial charge is 0.0908 e. The van der Waals surface area contributed by atoms with Crippen molar-refractivity contribution in [3.63, 3.8) is 0 Å². The molecule has 1 aromatic rings. The van der Waals surface area contributed by atoms with Crippen LogP contribution in [0.5, 0.6) is 0 Å². The van der Waals surface area contributed by atoms with E-state index in [0.29, 0.717) is 0 Å². The number of nitrogens with zero attached hydrogens (tertiary/aromatic N) is 1. The molecular formula is C9H11NO. The molecule has 0 amide bonds. The maximum absolute atomic E-state index is 4.76. The first-order valence-electron chi connectivity index (χ1n) is 3.62. The van der Waals surface area contributed by atoms with Gasteiger partial charge in [0.15, 0.2) is 0 Å². The molecule has 0 aromatic carbocycles. The van der Waals surface area contributed by atoms with Gasteiger partial charge in [-0.05, 0) is 18.2 Å². The van der Waals surface area contributed by atoms with Crippen molar-refractivity contribution in [1.82, 2.24) is 4.98 Å². The van der Waals surface area contributed by atoms with Crippen molar-refractivity contribution in [2.24, 2.45) is 0 Å². The largest absolute Gasteiger partial charge is 0.501 e. The molecule has 0 radical (unpaired) electrons. The lowest BCUT2D eigenvalue weighted by atomic mass is 10.5. The van der Waals surface area contributed by atoms with Crippen LogP contribution in [0.2, 0.25) is 0 Å². The van der Waals surface area contributed by atoms with Gasteiger partial charge in [-0.1, -0.05) is 6.07 Å². The molecule has 0 bridgehead atoms. The minimum absolute atomic E-state index is 0.889. The summed E-state index contributed by atoms with van der Waals surface area (Å²) in [5, 5.41) is 0. The fourth-order valence-corrected chi connectivity index (χ4v) is 0.653. The van der Waals surface area contributed by atoms with Gasteiger partial charge in [0.1, 0.15) is 0 Å². The minimum Gasteiger partial charge on any atom is -0.501 e. The summed E-state index contributed by atoms with van der Waals surface area (Å²) in [5.74, 6) is 0. The van der Waals surface area contributed by atoms with Crippen LogP contribution in [0, 0.1) is 0 Å². The molecule has 1 aromatic heterocycles. The van der Waals surface area contributed by atoms with E-state index >= 15 is 0 Å². The number of hydrogen-bond acceptors (Lipinski definition) is 2. The molecule has 0 spiro atoms. The number of hydrogen-bond donors (Lipinski definition) is 0. The van der Waals surface area contributed by atoms with Crippen LogP contribution in [0.4, 0.5) is 0 Å². The van der Waals surface area contributed by atoms with Crippen molar-refractivity contribution < 1.29 is 4.74 Å². The third-order valence-corrected chi connectivity index (χ3v) is 1.16. The standard InChI is InChI=1S/C5H5N.C4H6O/c1-2-4-6-5-3-1;1-2-4-5-3-1/h1-5H;1,3H,2,4H2. The lowest BCUT2D eigenvalue weighted by Gasteiger charge is -1.79. The second kappa shape index (κ2) is 5.47. The Morgan fingerprint density at radius 2 is 1.91 bits per heavy atom. The lowest BCUT2D eigenvalue weighted by molar-refractivity contribution is 0.281. The molecule has 0 atom stereocenters. The minimum atomic E-state index is 0.889. The van der Waals surface area contributed by atoms with Gasteiger partial charge in [0.2, 0.25) is 0 Å². The molecule has 0 aliphatic carbocycles. The van der Waals surface area contributed by atoms with E-state index in [1.807, 2.05) is 24.3 Å². The van der Waals surface area contributed by atoms with E-state index < -0.39 is 0 Å². The molecule has 0 fully saturated rings. The predicted molar refractivity (Wildman–Crippen MR) is 43.9 cm³/mol. The van der Waals surface area contributed by atoms with Gasteiger partial charge in [0.25, 0.3) is 0 Å². The Morgan fingerprint density at radius 1 is 1.09 bits per heavy atom. The molecular weight excluding hydrogens is 138 g/mol. The number of pyridine rings is 1. The third kappa shape index (κ3) is 4.14. The van der Waals surface area contributed by atoms with Crippen LogP contribution >= 0.6 is 0 Å². The molecule has 1 aliphatic rings. The van der Waals surface area contributed by atoms with E-state index in [1.165, 1.54) is 0 Å². The average Bonchev–Trinajstić information content (AvgIpc) is 2.64. The Labute approximate surface area is 66.5 Å². The van der Waals surface area contributed by atoms with Gasteiger partial charge >= 0.3 is 0 Å². The van der Waals surface area contributed by atoms with Crippen molar-refractivity contribution in [2.75, 3.05) is 6.61 Å². The third-order valence-electron chi connectivity index (χ3n) is 1.16. The highest BCUT2D eigenvalue weighted by Crippen LogP contribution is 1.93. The van der Waals surface area contributed by atoms with Crippen molar-refractivity contribution in [3.8, 4) is 0 Å². The Bertz CT molecular complexity index is 163. The summed E-state index contributed by atoms with van der Waals surface area (Å²) in [7, 11) is 0. The van der Waals surface area contributed by atoms with Crippen LogP contribution in [-0.2, 0) is 4.74 Å². The van der Waals surface area contributed by atoms with E-state index in [4.69, 9.17) is 4.74 Å². The van der Waals surface area contributed by atoms with Gasteiger partial charge in [-0.2, -0.15) is 0 Å². The summed E-state index contributed by atoms with van der Waals surface area (Å²) in [6.45, 7) is 0.889. The monoisotopic (exact) mass is 149 g/mol. The molecule has 2 rings (SSSR count). The first-order valence-corrected chi connectivity index (χ1v) is 3.62. The normalized spacial score (nSPS) is 13.1. The van der Waals surface area contributed by atoms with Gasteiger partial charge in [0, 0.05) is 18.8 Å². The SMILES string of the molecule is C1=COCC1.c1ccncc1. The Morgan fingerprint density at radius 3 is 2.09 bits per heavy atom. The van der Waals surface area contributed by atoms with Gasteiger partial charge in [-0.15, -0.1) is 0 Å². The van der Waals surface area contributed by atoms with Gasteiger partial charge in [-0.25, -0.2) is 0 Å². The molecule has 0 saturated heterocycles. The fraction of sp³-hybridized carbons (Fsp3) is 0.222. The van der Waals surface area contributed by atoms with Crippen LogP contribution in [0.3, 0.4) is 0 Å². The van der Waals surface area contributed by atoms with Gasteiger partial charge < -0.3 is 4.74 Å². The second-order valence-corrected chi connectivity index (χ2v) is 2.06. The van der Waals surface area contributed by atoms with E-state index in [1.54, 1.807) is 18.7 Å². The summed E-state index contributed by atoms with van der Waals surface area (Å²) < 4.78 is 4.76. The predicted octanol–water partition coefficient (Wildman–Crippen LogP) is 2.00. The van der Waals surface area contributed by atoms with Crippen LogP contribution in [-0.4, -0.2) is 11.6 Å².